The van der Waals surface area contributed by atoms with Crippen molar-refractivity contribution in [3.8, 4) is 11.3 Å². The van der Waals surface area contributed by atoms with Crippen molar-refractivity contribution >= 4 is 34.2 Å². The van der Waals surface area contributed by atoms with Crippen LogP contribution >= 0.6 is 34.2 Å². The van der Waals surface area contributed by atoms with Gasteiger partial charge in [-0.15, -0.1) is 0 Å². The summed E-state index contributed by atoms with van der Waals surface area (Å²) in [6.45, 7) is 5.23. The Morgan fingerprint density at radius 1 is 1.32 bits per heavy atom. The van der Waals surface area contributed by atoms with Crippen molar-refractivity contribution < 1.29 is 4.42 Å². The highest BCUT2D eigenvalue weighted by atomic mass is 127. The van der Waals surface area contributed by atoms with E-state index in [1.807, 2.05) is 30.3 Å². The Hall–Kier alpha value is -0.520. The third kappa shape index (κ3) is 3.97. The van der Waals surface area contributed by atoms with Crippen molar-refractivity contribution in [1.82, 2.24) is 5.32 Å². The number of furan rings is 1. The van der Waals surface area contributed by atoms with Crippen LogP contribution in [0.5, 0.6) is 0 Å². The first-order chi connectivity index (χ1) is 9.10. The van der Waals surface area contributed by atoms with Crippen molar-refractivity contribution in [2.75, 3.05) is 6.54 Å². The Morgan fingerprint density at radius 3 is 2.79 bits per heavy atom. The average Bonchev–Trinajstić information content (AvgIpc) is 2.77. The Balaban J connectivity index is 2.16. The predicted octanol–water partition coefficient (Wildman–Crippen LogP) is 4.75. The third-order valence-electron chi connectivity index (χ3n) is 2.92. The highest BCUT2D eigenvalue weighted by Crippen LogP contribution is 2.30. The topological polar surface area (TPSA) is 25.2 Å². The summed E-state index contributed by atoms with van der Waals surface area (Å²) < 4.78 is 7.00. The van der Waals surface area contributed by atoms with E-state index in [0.29, 0.717) is 6.04 Å². The molecule has 0 aliphatic carbocycles. The fourth-order valence-corrected chi connectivity index (χ4v) is 2.99. The maximum Gasteiger partial charge on any atom is 0.135 e. The molecule has 1 atom stereocenters. The largest absolute Gasteiger partial charge is 0.461 e. The van der Waals surface area contributed by atoms with Gasteiger partial charge in [0.2, 0.25) is 0 Å². The quantitative estimate of drug-likeness (QED) is 0.747. The van der Waals surface area contributed by atoms with Crippen LogP contribution in [0.2, 0.25) is 5.02 Å². The zero-order chi connectivity index (χ0) is 13.8. The predicted molar refractivity (Wildman–Crippen MR) is 88.7 cm³/mol. The molecule has 0 aliphatic rings. The fourth-order valence-electron chi connectivity index (χ4n) is 2.04. The second kappa shape index (κ2) is 6.77. The first kappa shape index (κ1) is 14.9. The lowest BCUT2D eigenvalue weighted by atomic mass is 10.2. The Labute approximate surface area is 132 Å². The van der Waals surface area contributed by atoms with Crippen molar-refractivity contribution in [3.05, 3.63) is 44.7 Å². The first-order valence-corrected chi connectivity index (χ1v) is 7.83. The molecule has 19 heavy (non-hydrogen) atoms. The van der Waals surface area contributed by atoms with Gasteiger partial charge in [0.15, 0.2) is 0 Å². The molecule has 0 amide bonds. The lowest BCUT2D eigenvalue weighted by Gasteiger charge is -2.09. The minimum Gasteiger partial charge on any atom is -0.461 e. The van der Waals surface area contributed by atoms with Gasteiger partial charge < -0.3 is 9.73 Å². The summed E-state index contributed by atoms with van der Waals surface area (Å²) in [5.74, 6) is 1.82. The van der Waals surface area contributed by atoms with E-state index in [9.17, 15) is 0 Å². The molecule has 4 heteroatoms. The third-order valence-corrected chi connectivity index (χ3v) is 3.90. The van der Waals surface area contributed by atoms with Crippen LogP contribution < -0.4 is 5.32 Å². The van der Waals surface area contributed by atoms with Gasteiger partial charge in [-0.2, -0.15) is 0 Å². The molecule has 2 aromatic rings. The van der Waals surface area contributed by atoms with Gasteiger partial charge in [-0.25, -0.2) is 0 Å². The lowest BCUT2D eigenvalue weighted by Crippen LogP contribution is -2.27. The van der Waals surface area contributed by atoms with Crippen molar-refractivity contribution in [3.63, 3.8) is 0 Å². The normalized spacial score (nSPS) is 12.6. The van der Waals surface area contributed by atoms with Crippen LogP contribution in [-0.2, 0) is 6.42 Å². The van der Waals surface area contributed by atoms with Crippen LogP contribution in [0.1, 0.15) is 19.6 Å². The average molecular weight is 390 g/mol. The van der Waals surface area contributed by atoms with E-state index in [0.717, 1.165) is 38.6 Å². The van der Waals surface area contributed by atoms with Crippen LogP contribution in [0.3, 0.4) is 0 Å². The summed E-state index contributed by atoms with van der Waals surface area (Å²) in [6.07, 6.45) is 0.885. The molecule has 2 rings (SSSR count). The molecule has 0 bridgehead atoms. The Kier molecular flexibility index (Phi) is 5.30. The molecule has 1 heterocycles. The van der Waals surface area contributed by atoms with E-state index in [2.05, 4.69) is 41.8 Å². The minimum atomic E-state index is 0.413. The van der Waals surface area contributed by atoms with Gasteiger partial charge in [0.05, 0.1) is 5.02 Å². The number of nitrogens with one attached hydrogen (secondary N) is 1. The number of likely N-dealkylation sites (N-methyl/N-ethyl adjacent to an activating group) is 1. The number of benzene rings is 1. The monoisotopic (exact) mass is 389 g/mol. The summed E-state index contributed by atoms with van der Waals surface area (Å²) >= 11 is 8.50. The standard InChI is InChI=1S/C15H17ClINO/c1-3-18-10(2)8-12-5-7-15(19-12)13-6-4-11(17)9-14(13)16/h4-7,9-10,18H,3,8H2,1-2H3. The molecule has 0 saturated heterocycles. The van der Waals surface area contributed by atoms with Gasteiger partial charge in [-0.3, -0.25) is 0 Å². The van der Waals surface area contributed by atoms with Crippen molar-refractivity contribution in [2.45, 2.75) is 26.3 Å². The summed E-state index contributed by atoms with van der Waals surface area (Å²) in [4.78, 5) is 0. The summed E-state index contributed by atoms with van der Waals surface area (Å²) in [5.41, 5.74) is 0.949. The minimum absolute atomic E-state index is 0.413. The van der Waals surface area contributed by atoms with Crippen LogP contribution in [-0.4, -0.2) is 12.6 Å². The summed E-state index contributed by atoms with van der Waals surface area (Å²) in [6, 6.07) is 10.4. The second-order valence-corrected chi connectivity index (χ2v) is 6.21. The van der Waals surface area contributed by atoms with Gasteiger partial charge >= 0.3 is 0 Å². The number of hydrogen-bond acceptors (Lipinski definition) is 2. The highest BCUT2D eigenvalue weighted by molar-refractivity contribution is 14.1. The molecule has 0 aliphatic heterocycles. The van der Waals surface area contributed by atoms with E-state index in [-0.39, 0.29) is 0 Å². The molecule has 0 spiro atoms. The number of hydrogen-bond donors (Lipinski definition) is 1. The van der Waals surface area contributed by atoms with E-state index < -0.39 is 0 Å². The maximum atomic E-state index is 6.25. The Bertz CT molecular complexity index is 553. The second-order valence-electron chi connectivity index (χ2n) is 4.55. The molecule has 0 radical (unpaired) electrons. The zero-order valence-electron chi connectivity index (χ0n) is 11.0. The van der Waals surface area contributed by atoms with Gasteiger partial charge in [-0.05, 0) is 66.4 Å². The van der Waals surface area contributed by atoms with Crippen LogP contribution in [0.25, 0.3) is 11.3 Å². The van der Waals surface area contributed by atoms with E-state index in [1.165, 1.54) is 0 Å². The van der Waals surface area contributed by atoms with E-state index in [1.54, 1.807) is 0 Å². The van der Waals surface area contributed by atoms with Crippen LogP contribution in [0, 0.1) is 3.57 Å². The van der Waals surface area contributed by atoms with Crippen LogP contribution in [0.15, 0.2) is 34.7 Å². The van der Waals surface area contributed by atoms with E-state index in [4.69, 9.17) is 16.0 Å². The van der Waals surface area contributed by atoms with Gasteiger partial charge in [0.1, 0.15) is 11.5 Å². The van der Waals surface area contributed by atoms with Gasteiger partial charge in [-0.1, -0.05) is 18.5 Å². The molecule has 0 saturated carbocycles. The smallest absolute Gasteiger partial charge is 0.135 e. The molecule has 1 aromatic carbocycles. The number of halogens is 2. The molecule has 1 aromatic heterocycles. The van der Waals surface area contributed by atoms with E-state index >= 15 is 0 Å². The molecule has 1 N–H and O–H groups in total. The highest BCUT2D eigenvalue weighted by Gasteiger charge is 2.10. The maximum absolute atomic E-state index is 6.25. The molecule has 1 unspecified atom stereocenters. The summed E-state index contributed by atoms with van der Waals surface area (Å²) in [7, 11) is 0. The fraction of sp³-hybridized carbons (Fsp3) is 0.333. The first-order valence-electron chi connectivity index (χ1n) is 6.37. The van der Waals surface area contributed by atoms with Gasteiger partial charge in [0.25, 0.3) is 0 Å². The Morgan fingerprint density at radius 2 is 2.11 bits per heavy atom. The van der Waals surface area contributed by atoms with Gasteiger partial charge in [0, 0.05) is 21.6 Å². The lowest BCUT2D eigenvalue weighted by molar-refractivity contribution is 0.470. The van der Waals surface area contributed by atoms with Crippen molar-refractivity contribution in [2.24, 2.45) is 0 Å². The molecule has 0 fully saturated rings. The SMILES string of the molecule is CCNC(C)Cc1ccc(-c2ccc(I)cc2Cl)o1. The van der Waals surface area contributed by atoms with Crippen LogP contribution in [0.4, 0.5) is 0 Å². The van der Waals surface area contributed by atoms with Crippen molar-refractivity contribution in [1.29, 1.82) is 0 Å². The molecule has 102 valence electrons. The summed E-state index contributed by atoms with van der Waals surface area (Å²) in [5, 5.41) is 4.10. The molecular weight excluding hydrogens is 373 g/mol. The molecule has 2 nitrogen and oxygen atoms in total. The number of rotatable bonds is 5. The molecular formula is C15H17ClINO. The zero-order valence-corrected chi connectivity index (χ0v) is 14.0.